The molecule has 0 radical (unpaired) electrons. The summed E-state index contributed by atoms with van der Waals surface area (Å²) in [5, 5.41) is 4.12. The van der Waals surface area contributed by atoms with Crippen molar-refractivity contribution in [3.63, 3.8) is 0 Å². The number of benzene rings is 2. The van der Waals surface area contributed by atoms with Crippen LogP contribution in [0.5, 0.6) is 0 Å². The molecule has 0 aliphatic rings. The SMILES string of the molecule is Cc1ccc(C(=O)NCCCc2ccc(Cl)cc2)c(Cl)c1. The summed E-state index contributed by atoms with van der Waals surface area (Å²) in [5.74, 6) is -0.129. The van der Waals surface area contributed by atoms with Crippen LogP contribution in [-0.4, -0.2) is 12.5 Å². The Balaban J connectivity index is 1.80. The van der Waals surface area contributed by atoms with Gasteiger partial charge < -0.3 is 5.32 Å². The van der Waals surface area contributed by atoms with E-state index < -0.39 is 0 Å². The van der Waals surface area contributed by atoms with Crippen LogP contribution >= 0.6 is 23.2 Å². The first-order valence-corrected chi connectivity index (χ1v) is 7.60. The predicted octanol–water partition coefficient (Wildman–Crippen LogP) is 4.66. The highest BCUT2D eigenvalue weighted by atomic mass is 35.5. The molecule has 110 valence electrons. The zero-order valence-electron chi connectivity index (χ0n) is 11.8. The number of rotatable bonds is 5. The van der Waals surface area contributed by atoms with Gasteiger partial charge in [0.25, 0.3) is 5.91 Å². The van der Waals surface area contributed by atoms with E-state index in [2.05, 4.69) is 5.32 Å². The maximum Gasteiger partial charge on any atom is 0.252 e. The van der Waals surface area contributed by atoms with E-state index in [0.29, 0.717) is 17.1 Å². The van der Waals surface area contributed by atoms with E-state index in [1.165, 1.54) is 5.56 Å². The fraction of sp³-hybridized carbons (Fsp3) is 0.235. The van der Waals surface area contributed by atoms with Crippen LogP contribution < -0.4 is 5.32 Å². The van der Waals surface area contributed by atoms with Crippen molar-refractivity contribution in [2.75, 3.05) is 6.54 Å². The fourth-order valence-corrected chi connectivity index (χ4v) is 2.49. The summed E-state index contributed by atoms with van der Waals surface area (Å²) < 4.78 is 0. The van der Waals surface area contributed by atoms with E-state index in [4.69, 9.17) is 23.2 Å². The van der Waals surface area contributed by atoms with Gasteiger partial charge in [-0.25, -0.2) is 0 Å². The van der Waals surface area contributed by atoms with Crippen LogP contribution in [0.1, 0.15) is 27.9 Å². The van der Waals surface area contributed by atoms with Crippen LogP contribution in [0.15, 0.2) is 42.5 Å². The Morgan fingerprint density at radius 3 is 2.48 bits per heavy atom. The summed E-state index contributed by atoms with van der Waals surface area (Å²) in [6, 6.07) is 13.2. The van der Waals surface area contributed by atoms with Gasteiger partial charge in [0.15, 0.2) is 0 Å². The molecule has 2 aromatic rings. The lowest BCUT2D eigenvalue weighted by Gasteiger charge is -2.07. The Morgan fingerprint density at radius 2 is 1.81 bits per heavy atom. The molecule has 0 saturated heterocycles. The van der Waals surface area contributed by atoms with Gasteiger partial charge in [-0.2, -0.15) is 0 Å². The predicted molar refractivity (Wildman–Crippen MR) is 88.3 cm³/mol. The molecule has 2 nitrogen and oxygen atoms in total. The lowest BCUT2D eigenvalue weighted by atomic mass is 10.1. The van der Waals surface area contributed by atoms with Gasteiger partial charge in [-0.1, -0.05) is 41.4 Å². The van der Waals surface area contributed by atoms with E-state index in [0.717, 1.165) is 23.4 Å². The van der Waals surface area contributed by atoms with Crippen molar-refractivity contribution in [2.24, 2.45) is 0 Å². The van der Waals surface area contributed by atoms with Gasteiger partial charge in [0, 0.05) is 11.6 Å². The van der Waals surface area contributed by atoms with E-state index in [1.807, 2.05) is 37.3 Å². The highest BCUT2D eigenvalue weighted by Crippen LogP contribution is 2.17. The molecule has 2 aromatic carbocycles. The van der Waals surface area contributed by atoms with Crippen molar-refractivity contribution in [1.82, 2.24) is 5.32 Å². The van der Waals surface area contributed by atoms with Gasteiger partial charge in [-0.3, -0.25) is 4.79 Å². The Morgan fingerprint density at radius 1 is 1.10 bits per heavy atom. The number of nitrogens with one attached hydrogen (secondary N) is 1. The van der Waals surface area contributed by atoms with Crippen LogP contribution in [-0.2, 0) is 6.42 Å². The molecule has 0 spiro atoms. The van der Waals surface area contributed by atoms with Crippen molar-refractivity contribution >= 4 is 29.1 Å². The summed E-state index contributed by atoms with van der Waals surface area (Å²) in [5.41, 5.74) is 2.77. The molecule has 4 heteroatoms. The van der Waals surface area contributed by atoms with Crippen molar-refractivity contribution < 1.29 is 4.79 Å². The van der Waals surface area contributed by atoms with Gasteiger partial charge in [-0.05, 0) is 55.2 Å². The Kier molecular flexibility index (Phi) is 5.66. The van der Waals surface area contributed by atoms with E-state index in [9.17, 15) is 4.79 Å². The quantitative estimate of drug-likeness (QED) is 0.797. The second-order valence-electron chi connectivity index (χ2n) is 4.97. The van der Waals surface area contributed by atoms with Gasteiger partial charge in [-0.15, -0.1) is 0 Å². The first-order chi connectivity index (χ1) is 10.1. The third-order valence-corrected chi connectivity index (χ3v) is 3.77. The van der Waals surface area contributed by atoms with Gasteiger partial charge in [0.05, 0.1) is 10.6 Å². The first kappa shape index (κ1) is 15.9. The van der Waals surface area contributed by atoms with Gasteiger partial charge in [0.1, 0.15) is 0 Å². The minimum atomic E-state index is -0.129. The molecular weight excluding hydrogens is 305 g/mol. The Labute approximate surface area is 135 Å². The molecule has 21 heavy (non-hydrogen) atoms. The third kappa shape index (κ3) is 4.76. The lowest BCUT2D eigenvalue weighted by molar-refractivity contribution is 0.0953. The van der Waals surface area contributed by atoms with Crippen molar-refractivity contribution in [1.29, 1.82) is 0 Å². The molecule has 0 unspecified atom stereocenters. The van der Waals surface area contributed by atoms with Crippen molar-refractivity contribution in [2.45, 2.75) is 19.8 Å². The molecule has 0 fully saturated rings. The molecule has 2 rings (SSSR count). The molecule has 1 amide bonds. The molecule has 0 atom stereocenters. The van der Waals surface area contributed by atoms with Crippen LogP contribution in [0.2, 0.25) is 10.0 Å². The molecule has 0 aliphatic carbocycles. The van der Waals surface area contributed by atoms with Gasteiger partial charge >= 0.3 is 0 Å². The molecule has 0 aliphatic heterocycles. The standard InChI is InChI=1S/C17H17Cl2NO/c1-12-4-9-15(16(19)11-12)17(21)20-10-2-3-13-5-7-14(18)8-6-13/h4-9,11H,2-3,10H2,1H3,(H,20,21). The number of hydrogen-bond acceptors (Lipinski definition) is 1. The number of aryl methyl sites for hydroxylation is 2. The van der Waals surface area contributed by atoms with E-state index in [-0.39, 0.29) is 5.91 Å². The van der Waals surface area contributed by atoms with Crippen molar-refractivity contribution in [3.8, 4) is 0 Å². The summed E-state index contributed by atoms with van der Waals surface area (Å²) in [4.78, 5) is 12.0. The zero-order chi connectivity index (χ0) is 15.2. The normalized spacial score (nSPS) is 10.4. The zero-order valence-corrected chi connectivity index (χ0v) is 13.3. The minimum Gasteiger partial charge on any atom is -0.352 e. The molecule has 0 heterocycles. The molecule has 1 N–H and O–H groups in total. The van der Waals surface area contributed by atoms with Crippen LogP contribution in [0, 0.1) is 6.92 Å². The summed E-state index contributed by atoms with van der Waals surface area (Å²) in [7, 11) is 0. The number of carbonyl (C=O) groups is 1. The monoisotopic (exact) mass is 321 g/mol. The smallest absolute Gasteiger partial charge is 0.252 e. The molecular formula is C17H17Cl2NO. The average molecular weight is 322 g/mol. The third-order valence-electron chi connectivity index (χ3n) is 3.21. The number of halogens is 2. The average Bonchev–Trinajstić information content (AvgIpc) is 2.45. The number of amides is 1. The Bertz CT molecular complexity index is 623. The highest BCUT2D eigenvalue weighted by Gasteiger charge is 2.09. The summed E-state index contributed by atoms with van der Waals surface area (Å²) in [6.45, 7) is 2.56. The molecule has 0 saturated carbocycles. The van der Waals surface area contributed by atoms with Crippen LogP contribution in [0.4, 0.5) is 0 Å². The molecule has 0 bridgehead atoms. The lowest BCUT2D eigenvalue weighted by Crippen LogP contribution is -2.25. The summed E-state index contributed by atoms with van der Waals surface area (Å²) >= 11 is 11.9. The second-order valence-corrected chi connectivity index (χ2v) is 5.81. The van der Waals surface area contributed by atoms with Crippen molar-refractivity contribution in [3.05, 3.63) is 69.2 Å². The highest BCUT2D eigenvalue weighted by molar-refractivity contribution is 6.33. The summed E-state index contributed by atoms with van der Waals surface area (Å²) in [6.07, 6.45) is 1.77. The first-order valence-electron chi connectivity index (χ1n) is 6.85. The van der Waals surface area contributed by atoms with E-state index >= 15 is 0 Å². The number of hydrogen-bond donors (Lipinski definition) is 1. The maximum atomic E-state index is 12.0. The van der Waals surface area contributed by atoms with Gasteiger partial charge in [0.2, 0.25) is 0 Å². The number of carbonyl (C=O) groups excluding carboxylic acids is 1. The fourth-order valence-electron chi connectivity index (χ4n) is 2.05. The Hall–Kier alpha value is -1.51. The van der Waals surface area contributed by atoms with Crippen LogP contribution in [0.25, 0.3) is 0 Å². The maximum absolute atomic E-state index is 12.0. The minimum absolute atomic E-state index is 0.129. The topological polar surface area (TPSA) is 29.1 Å². The molecule has 0 aromatic heterocycles. The largest absolute Gasteiger partial charge is 0.352 e. The second kappa shape index (κ2) is 7.48. The van der Waals surface area contributed by atoms with Crippen LogP contribution in [0.3, 0.4) is 0 Å². The van der Waals surface area contributed by atoms with E-state index in [1.54, 1.807) is 12.1 Å².